The lowest BCUT2D eigenvalue weighted by atomic mass is 10.2. The maximum atomic E-state index is 8.76. The molecule has 1 aromatic carbocycles. The van der Waals surface area contributed by atoms with Gasteiger partial charge >= 0.3 is 0 Å². The number of benzene rings is 1. The first-order valence-electron chi connectivity index (χ1n) is 6.41. The smallest absolute Gasteiger partial charge is 0.173 e. The van der Waals surface area contributed by atoms with E-state index in [9.17, 15) is 0 Å². The molecule has 0 aromatic heterocycles. The van der Waals surface area contributed by atoms with Crippen LogP contribution in [0.15, 0.2) is 23.4 Å². The molecule has 2 rings (SSSR count). The zero-order valence-corrected chi connectivity index (χ0v) is 11.8. The molecule has 1 heterocycles. The van der Waals surface area contributed by atoms with Crippen LogP contribution in [0.1, 0.15) is 5.56 Å². The van der Waals surface area contributed by atoms with Crippen molar-refractivity contribution in [1.29, 1.82) is 0 Å². The van der Waals surface area contributed by atoms with Gasteiger partial charge < -0.3 is 20.4 Å². The first kappa shape index (κ1) is 14.9. The molecule has 0 radical (unpaired) electrons. The summed E-state index contributed by atoms with van der Waals surface area (Å²) in [5, 5.41) is 12.3. The summed E-state index contributed by atoms with van der Waals surface area (Å²) < 4.78 is 11.0. The van der Waals surface area contributed by atoms with E-state index in [0.717, 1.165) is 32.8 Å². The minimum Gasteiger partial charge on any atom is -0.491 e. The van der Waals surface area contributed by atoms with Gasteiger partial charge in [-0.2, -0.15) is 0 Å². The van der Waals surface area contributed by atoms with Gasteiger partial charge in [-0.05, 0) is 18.2 Å². The maximum Gasteiger partial charge on any atom is 0.173 e. The molecule has 110 valence electrons. The number of oxime groups is 1. The Morgan fingerprint density at radius 3 is 2.90 bits per heavy atom. The van der Waals surface area contributed by atoms with Crippen LogP contribution < -0.4 is 10.5 Å². The van der Waals surface area contributed by atoms with Crippen molar-refractivity contribution in [3.63, 3.8) is 0 Å². The second kappa shape index (κ2) is 7.33. The lowest BCUT2D eigenvalue weighted by Crippen LogP contribution is -2.38. The van der Waals surface area contributed by atoms with Gasteiger partial charge in [0.1, 0.15) is 12.4 Å². The van der Waals surface area contributed by atoms with Crippen LogP contribution >= 0.6 is 11.6 Å². The summed E-state index contributed by atoms with van der Waals surface area (Å²) >= 11 is 5.94. The molecule has 1 aromatic rings. The molecule has 7 heteroatoms. The number of rotatable bonds is 5. The first-order chi connectivity index (χ1) is 9.70. The fourth-order valence-electron chi connectivity index (χ4n) is 1.99. The van der Waals surface area contributed by atoms with Crippen LogP contribution in [0.25, 0.3) is 0 Å². The number of halogens is 1. The quantitative estimate of drug-likeness (QED) is 0.369. The molecule has 20 heavy (non-hydrogen) atoms. The molecule has 0 bridgehead atoms. The van der Waals surface area contributed by atoms with Crippen molar-refractivity contribution in [3.8, 4) is 5.75 Å². The minimum absolute atomic E-state index is 0.00281. The molecule has 1 fully saturated rings. The Balaban J connectivity index is 1.95. The number of nitrogens with two attached hydrogens (primary N) is 1. The third-order valence-corrected chi connectivity index (χ3v) is 3.33. The van der Waals surface area contributed by atoms with Crippen LogP contribution in [0.4, 0.5) is 0 Å². The normalized spacial score (nSPS) is 17.1. The van der Waals surface area contributed by atoms with Gasteiger partial charge in [0.15, 0.2) is 5.84 Å². The number of hydrogen-bond acceptors (Lipinski definition) is 5. The molecule has 0 amide bonds. The predicted molar refractivity (Wildman–Crippen MR) is 76.7 cm³/mol. The van der Waals surface area contributed by atoms with Crippen LogP contribution in [0.5, 0.6) is 5.75 Å². The van der Waals surface area contributed by atoms with Crippen molar-refractivity contribution in [3.05, 3.63) is 28.8 Å². The average molecular weight is 300 g/mol. The number of ether oxygens (including phenoxy) is 2. The molecule has 0 atom stereocenters. The summed E-state index contributed by atoms with van der Waals surface area (Å²) in [7, 11) is 0. The third-order valence-electron chi connectivity index (χ3n) is 3.10. The molecule has 6 nitrogen and oxygen atoms in total. The molecule has 0 unspecified atom stereocenters. The number of morpholine rings is 1. The topological polar surface area (TPSA) is 80.3 Å². The number of amidine groups is 1. The zero-order chi connectivity index (χ0) is 14.4. The molecule has 3 N–H and O–H groups in total. The van der Waals surface area contributed by atoms with Gasteiger partial charge in [-0.1, -0.05) is 16.8 Å². The fraction of sp³-hybridized carbons (Fsp3) is 0.462. The maximum absolute atomic E-state index is 8.76. The Kier molecular flexibility index (Phi) is 5.46. The second-order valence-electron chi connectivity index (χ2n) is 4.43. The molecule has 1 aliphatic rings. The van der Waals surface area contributed by atoms with E-state index < -0.39 is 0 Å². The Hall–Kier alpha value is -1.50. The summed E-state index contributed by atoms with van der Waals surface area (Å²) in [6.07, 6.45) is 0. The third kappa shape index (κ3) is 4.00. The summed E-state index contributed by atoms with van der Waals surface area (Å²) in [4.78, 5) is 2.26. The van der Waals surface area contributed by atoms with Gasteiger partial charge in [0.2, 0.25) is 0 Å². The molecule has 1 saturated heterocycles. The highest BCUT2D eigenvalue weighted by Crippen LogP contribution is 2.23. The van der Waals surface area contributed by atoms with Crippen LogP contribution in [-0.4, -0.2) is 55.4 Å². The highest BCUT2D eigenvalue weighted by atomic mass is 35.5. The van der Waals surface area contributed by atoms with Crippen molar-refractivity contribution in [2.24, 2.45) is 10.9 Å². The van der Waals surface area contributed by atoms with E-state index in [1.165, 1.54) is 0 Å². The molecular formula is C13H18ClN3O3. The largest absolute Gasteiger partial charge is 0.491 e. The van der Waals surface area contributed by atoms with Crippen LogP contribution in [0.3, 0.4) is 0 Å². The van der Waals surface area contributed by atoms with Gasteiger partial charge in [0.05, 0.1) is 18.8 Å². The Morgan fingerprint density at radius 1 is 1.45 bits per heavy atom. The summed E-state index contributed by atoms with van der Waals surface area (Å²) in [6.45, 7) is 4.63. The zero-order valence-electron chi connectivity index (χ0n) is 11.1. The van der Waals surface area contributed by atoms with E-state index in [-0.39, 0.29) is 5.84 Å². The van der Waals surface area contributed by atoms with Crippen molar-refractivity contribution in [1.82, 2.24) is 4.90 Å². The SMILES string of the molecule is N/C(=N/O)c1ccc(Cl)cc1OCCN1CCOCC1. The molecule has 0 aliphatic carbocycles. The minimum atomic E-state index is 0.00281. The lowest BCUT2D eigenvalue weighted by molar-refractivity contribution is 0.0322. The van der Waals surface area contributed by atoms with Gasteiger partial charge in [-0.25, -0.2) is 0 Å². The van der Waals surface area contributed by atoms with E-state index in [0.29, 0.717) is 22.9 Å². The highest BCUT2D eigenvalue weighted by Gasteiger charge is 2.12. The standard InChI is InChI=1S/C13H18ClN3O3/c14-10-1-2-11(13(15)16-18)12(9-10)20-8-5-17-3-6-19-7-4-17/h1-2,9,18H,3-8H2,(H2,15,16). The summed E-state index contributed by atoms with van der Waals surface area (Å²) in [5.74, 6) is 0.518. The Morgan fingerprint density at radius 2 is 2.20 bits per heavy atom. The van der Waals surface area contributed by atoms with E-state index in [1.54, 1.807) is 18.2 Å². The van der Waals surface area contributed by atoms with Gasteiger partial charge in [-0.3, -0.25) is 4.90 Å². The van der Waals surface area contributed by atoms with E-state index in [2.05, 4.69) is 10.1 Å². The van der Waals surface area contributed by atoms with Crippen LogP contribution in [0, 0.1) is 0 Å². The highest BCUT2D eigenvalue weighted by molar-refractivity contribution is 6.30. The Labute approximate surface area is 122 Å². The molecular weight excluding hydrogens is 282 g/mol. The molecule has 0 saturated carbocycles. The Bertz CT molecular complexity index is 476. The number of hydrogen-bond donors (Lipinski definition) is 2. The predicted octanol–water partition coefficient (Wildman–Crippen LogP) is 1.15. The van der Waals surface area contributed by atoms with E-state index >= 15 is 0 Å². The van der Waals surface area contributed by atoms with E-state index in [4.69, 9.17) is 32.0 Å². The van der Waals surface area contributed by atoms with Crippen molar-refractivity contribution >= 4 is 17.4 Å². The van der Waals surface area contributed by atoms with Crippen molar-refractivity contribution in [2.45, 2.75) is 0 Å². The van der Waals surface area contributed by atoms with E-state index in [1.807, 2.05) is 0 Å². The van der Waals surface area contributed by atoms with Crippen LogP contribution in [0.2, 0.25) is 5.02 Å². The first-order valence-corrected chi connectivity index (χ1v) is 6.79. The summed E-state index contributed by atoms with van der Waals surface area (Å²) in [5.41, 5.74) is 6.14. The van der Waals surface area contributed by atoms with Gasteiger partial charge in [0.25, 0.3) is 0 Å². The monoisotopic (exact) mass is 299 g/mol. The van der Waals surface area contributed by atoms with Gasteiger partial charge in [-0.15, -0.1) is 0 Å². The second-order valence-corrected chi connectivity index (χ2v) is 4.86. The van der Waals surface area contributed by atoms with Crippen molar-refractivity contribution < 1.29 is 14.7 Å². The lowest BCUT2D eigenvalue weighted by Gasteiger charge is -2.26. The van der Waals surface area contributed by atoms with Gasteiger partial charge in [0, 0.05) is 24.7 Å². The fourth-order valence-corrected chi connectivity index (χ4v) is 2.15. The molecule has 1 aliphatic heterocycles. The average Bonchev–Trinajstić information content (AvgIpc) is 2.48. The number of nitrogens with zero attached hydrogens (tertiary/aromatic N) is 2. The van der Waals surface area contributed by atoms with Crippen molar-refractivity contribution in [2.75, 3.05) is 39.5 Å². The summed E-state index contributed by atoms with van der Waals surface area (Å²) in [6, 6.07) is 5.00. The van der Waals surface area contributed by atoms with Crippen LogP contribution in [-0.2, 0) is 4.74 Å². The molecule has 0 spiro atoms.